The van der Waals surface area contributed by atoms with Crippen molar-refractivity contribution in [3.05, 3.63) is 83.5 Å². The van der Waals surface area contributed by atoms with Crippen LogP contribution < -0.4 is 21.9 Å². The van der Waals surface area contributed by atoms with E-state index in [1.807, 2.05) is 27.0 Å². The smallest absolute Gasteiger partial charge is 0.0438 e. The maximum absolute atomic E-state index is 5.37. The highest BCUT2D eigenvalue weighted by Gasteiger charge is 2.00. The molecule has 2 rings (SSSR count). The van der Waals surface area contributed by atoms with Crippen LogP contribution >= 0.6 is 11.8 Å². The van der Waals surface area contributed by atoms with Crippen molar-refractivity contribution in [2.75, 3.05) is 19.0 Å². The Morgan fingerprint density at radius 2 is 1.33 bits per heavy atom. The maximum atomic E-state index is 5.37. The molecule has 0 heterocycles. The van der Waals surface area contributed by atoms with Gasteiger partial charge in [0.15, 0.2) is 0 Å². The Morgan fingerprint density at radius 1 is 0.857 bits per heavy atom. The summed E-state index contributed by atoms with van der Waals surface area (Å²) in [6, 6.07) is 17.5. The van der Waals surface area contributed by atoms with Gasteiger partial charge in [0.2, 0.25) is 0 Å². The van der Waals surface area contributed by atoms with Gasteiger partial charge in [0.1, 0.15) is 0 Å². The molecule has 2 aromatic rings. The molecule has 0 saturated carbocycles. The van der Waals surface area contributed by atoms with Gasteiger partial charge in [-0.2, -0.15) is 0 Å². The molecule has 5 heteroatoms. The van der Waals surface area contributed by atoms with Crippen LogP contribution in [0.1, 0.15) is 111 Å². The zero-order valence-corrected chi connectivity index (χ0v) is 29.7. The molecule has 0 unspecified atom stereocenters. The van der Waals surface area contributed by atoms with Crippen LogP contribution in [0.4, 0.5) is 0 Å². The summed E-state index contributed by atoms with van der Waals surface area (Å²) < 4.78 is 0. The fourth-order valence-corrected chi connectivity index (χ4v) is 3.63. The molecule has 5 N–H and O–H groups in total. The quantitative estimate of drug-likeness (QED) is 0.0799. The number of allylic oxidation sites excluding steroid dienone is 1. The molecule has 240 valence electrons. The normalized spacial score (nSPS) is 9.43. The Bertz CT molecular complexity index is 836. The zero-order chi connectivity index (χ0) is 33.0. The largest absolute Gasteiger partial charge is 0.391 e. The summed E-state index contributed by atoms with van der Waals surface area (Å²) in [5, 5.41) is 3.15. The van der Waals surface area contributed by atoms with Crippen LogP contribution in [0.15, 0.2) is 72.4 Å². The molecule has 0 aromatic heterocycles. The van der Waals surface area contributed by atoms with Crippen LogP contribution in [0.25, 0.3) is 11.1 Å². The number of nitrogens with one attached hydrogen (secondary N) is 3. The minimum Gasteiger partial charge on any atom is -0.391 e. The molecule has 42 heavy (non-hydrogen) atoms. The molecule has 0 fully saturated rings. The van der Waals surface area contributed by atoms with Crippen LogP contribution in [0.2, 0.25) is 0 Å². The Morgan fingerprint density at radius 3 is 1.64 bits per heavy atom. The summed E-state index contributed by atoms with van der Waals surface area (Å²) in [6.45, 7) is 26.6. The molecule has 2 aromatic carbocycles. The van der Waals surface area contributed by atoms with Crippen LogP contribution in [0.3, 0.4) is 0 Å². The summed E-state index contributed by atoms with van der Waals surface area (Å²) in [4.78, 5) is 1.32. The van der Waals surface area contributed by atoms with Gasteiger partial charge < -0.3 is 16.5 Å². The van der Waals surface area contributed by atoms with Crippen molar-refractivity contribution in [1.82, 2.24) is 16.2 Å². The summed E-state index contributed by atoms with van der Waals surface area (Å²) in [6.07, 6.45) is 18.2. The Hall–Kier alpha value is -2.65. The van der Waals surface area contributed by atoms with Gasteiger partial charge in [-0.05, 0) is 42.9 Å². The highest BCUT2D eigenvalue weighted by Crippen LogP contribution is 2.22. The lowest BCUT2D eigenvalue weighted by Crippen LogP contribution is -2.25. The summed E-state index contributed by atoms with van der Waals surface area (Å²) in [5.41, 5.74) is 16.2. The van der Waals surface area contributed by atoms with Gasteiger partial charge in [-0.3, -0.25) is 0 Å². The third-order valence-corrected chi connectivity index (χ3v) is 6.33. The van der Waals surface area contributed by atoms with Gasteiger partial charge in [0, 0.05) is 36.3 Å². The third kappa shape index (κ3) is 30.3. The van der Waals surface area contributed by atoms with E-state index in [0.29, 0.717) is 11.8 Å². The second-order valence-electron chi connectivity index (χ2n) is 9.06. The standard InChI is InChI=1S/C16H18.C7H16N2S.C6H14.C4H10N2.C2H6.C2H2/c1-12(2)14-8-10-16(11-9-14)15-6-4-13(3)5-7-15;1-3-7(10-6-8)5-9-4-2;2*1-3-5-6-4-2;2*1-2/h4-12H,1-3H3;5,9H,3-4,6,8H2,1-2H3;3-6H2,1-2H3;3,5-6H,1,4H2,2H3;1-2H3;1-2H/b;7-5-;;;;. The molecule has 0 saturated heterocycles. The number of nitrogens with two attached hydrogens (primary N) is 1. The Kier molecular flexibility index (Phi) is 42.3. The lowest BCUT2D eigenvalue weighted by atomic mass is 9.98. The van der Waals surface area contributed by atoms with Gasteiger partial charge >= 0.3 is 0 Å². The molecule has 0 amide bonds. The average molecular weight is 599 g/mol. The first-order valence-corrected chi connectivity index (χ1v) is 16.7. The highest BCUT2D eigenvalue weighted by atomic mass is 32.2. The zero-order valence-electron chi connectivity index (χ0n) is 28.9. The number of terminal acetylenes is 1. The van der Waals surface area contributed by atoms with E-state index in [4.69, 9.17) is 5.73 Å². The first kappa shape index (κ1) is 46.3. The predicted molar refractivity (Wildman–Crippen MR) is 197 cm³/mol. The van der Waals surface area contributed by atoms with Crippen LogP contribution in [0, 0.1) is 19.8 Å². The van der Waals surface area contributed by atoms with Crippen molar-refractivity contribution in [3.63, 3.8) is 0 Å². The molecular formula is C37H66N4S. The van der Waals surface area contributed by atoms with Crippen LogP contribution in [0.5, 0.6) is 0 Å². The van der Waals surface area contributed by atoms with Crippen molar-refractivity contribution < 1.29 is 0 Å². The molecule has 0 aliphatic rings. The van der Waals surface area contributed by atoms with E-state index >= 15 is 0 Å². The van der Waals surface area contributed by atoms with E-state index in [2.05, 4.69) is 133 Å². The minimum atomic E-state index is 0.604. The lowest BCUT2D eigenvalue weighted by Gasteiger charge is -2.07. The molecular weight excluding hydrogens is 533 g/mol. The summed E-state index contributed by atoms with van der Waals surface area (Å²) in [5.74, 6) is 1.28. The number of unbranched alkanes of at least 4 members (excludes halogenated alkanes) is 3. The van der Waals surface area contributed by atoms with E-state index < -0.39 is 0 Å². The van der Waals surface area contributed by atoms with E-state index in [1.165, 1.54) is 52.8 Å². The van der Waals surface area contributed by atoms with E-state index in [0.717, 1.165) is 19.5 Å². The molecule has 0 spiro atoms. The van der Waals surface area contributed by atoms with Crippen molar-refractivity contribution >= 4 is 11.8 Å². The fourth-order valence-electron chi connectivity index (χ4n) is 3.05. The van der Waals surface area contributed by atoms with Crippen LogP contribution in [-0.4, -0.2) is 19.0 Å². The number of rotatable bonds is 13. The number of hydrogen-bond donors (Lipinski definition) is 4. The number of benzene rings is 2. The molecule has 0 aliphatic carbocycles. The summed E-state index contributed by atoms with van der Waals surface area (Å²) >= 11 is 1.69. The van der Waals surface area contributed by atoms with Gasteiger partial charge in [-0.25, -0.2) is 5.43 Å². The third-order valence-electron chi connectivity index (χ3n) is 5.38. The summed E-state index contributed by atoms with van der Waals surface area (Å²) in [7, 11) is 0. The average Bonchev–Trinajstić information content (AvgIpc) is 3.04. The molecule has 0 atom stereocenters. The first-order valence-electron chi connectivity index (χ1n) is 15.7. The van der Waals surface area contributed by atoms with Crippen LogP contribution in [-0.2, 0) is 0 Å². The van der Waals surface area contributed by atoms with Gasteiger partial charge in [-0.1, -0.05) is 142 Å². The highest BCUT2D eigenvalue weighted by molar-refractivity contribution is 8.03. The lowest BCUT2D eigenvalue weighted by molar-refractivity contribution is 0.657. The van der Waals surface area contributed by atoms with Crippen molar-refractivity contribution in [1.29, 1.82) is 0 Å². The topological polar surface area (TPSA) is 62.1 Å². The molecule has 0 bridgehead atoms. The first-order chi connectivity index (χ1) is 20.3. The Balaban J connectivity index is -0.000000240. The van der Waals surface area contributed by atoms with Gasteiger partial charge in [-0.15, -0.1) is 24.6 Å². The molecule has 0 radical (unpaired) electrons. The SMILES string of the molecule is C#C.C=CNNCC.CC.CCCCCC.CCN/C=C(/CC)SCN.Cc1ccc(-c2ccc(C(C)C)cc2)cc1. The Labute approximate surface area is 266 Å². The van der Waals surface area contributed by atoms with E-state index in [1.54, 1.807) is 18.0 Å². The number of aryl methyl sites for hydroxylation is 1. The molecule has 0 aliphatic heterocycles. The maximum Gasteiger partial charge on any atom is 0.0438 e. The van der Waals surface area contributed by atoms with Gasteiger partial charge in [0.25, 0.3) is 0 Å². The second-order valence-corrected chi connectivity index (χ2v) is 10.2. The number of thioether (sulfide) groups is 1. The fraction of sp³-hybridized carbons (Fsp3) is 0.514. The van der Waals surface area contributed by atoms with Crippen molar-refractivity contribution in [2.24, 2.45) is 5.73 Å². The van der Waals surface area contributed by atoms with E-state index in [9.17, 15) is 0 Å². The van der Waals surface area contributed by atoms with Gasteiger partial charge in [0.05, 0.1) is 0 Å². The van der Waals surface area contributed by atoms with E-state index in [-0.39, 0.29) is 0 Å². The minimum absolute atomic E-state index is 0.604. The van der Waals surface area contributed by atoms with Crippen molar-refractivity contribution in [2.45, 2.75) is 107 Å². The van der Waals surface area contributed by atoms with Crippen molar-refractivity contribution in [3.8, 4) is 24.0 Å². The predicted octanol–water partition coefficient (Wildman–Crippen LogP) is 10.4. The number of hydrogen-bond acceptors (Lipinski definition) is 5. The molecule has 4 nitrogen and oxygen atoms in total. The number of hydrazine groups is 1. The second kappa shape index (κ2) is 38.4. The monoisotopic (exact) mass is 599 g/mol.